The van der Waals surface area contributed by atoms with Crippen LogP contribution < -0.4 is 31.6 Å². The van der Waals surface area contributed by atoms with Crippen LogP contribution >= 0.6 is 0 Å². The van der Waals surface area contributed by atoms with Crippen molar-refractivity contribution in [3.8, 4) is 11.5 Å². The summed E-state index contributed by atoms with van der Waals surface area (Å²) in [5.41, 5.74) is 14.7. The molecule has 11 heteroatoms. The maximum atomic E-state index is 12.4. The molecule has 39 heavy (non-hydrogen) atoms. The first-order valence-electron chi connectivity index (χ1n) is 12.8. The molecule has 2 amide bonds. The third-order valence-electron chi connectivity index (χ3n) is 6.20. The Labute approximate surface area is 226 Å². The number of carbonyl (C=O) groups excluding carboxylic acids is 2. The van der Waals surface area contributed by atoms with Crippen molar-refractivity contribution in [2.45, 2.75) is 52.6 Å². The lowest BCUT2D eigenvalue weighted by Gasteiger charge is -2.20. The molecule has 3 aromatic rings. The number of nitrogens with two attached hydrogens (primary N) is 2. The summed E-state index contributed by atoms with van der Waals surface area (Å²) in [4.78, 5) is 39.6. The van der Waals surface area contributed by atoms with Gasteiger partial charge < -0.3 is 36.7 Å². The zero-order valence-corrected chi connectivity index (χ0v) is 22.4. The van der Waals surface area contributed by atoms with Crippen molar-refractivity contribution in [1.29, 1.82) is 0 Å². The second kappa shape index (κ2) is 13.4. The zero-order chi connectivity index (χ0) is 28.5. The van der Waals surface area contributed by atoms with E-state index in [-0.39, 0.29) is 24.9 Å². The van der Waals surface area contributed by atoms with E-state index in [4.69, 9.17) is 20.9 Å². The maximum absolute atomic E-state index is 12.4. The summed E-state index contributed by atoms with van der Waals surface area (Å²) in [7, 11) is 0. The highest BCUT2D eigenvalue weighted by Gasteiger charge is 2.20. The molecule has 1 atom stereocenters. The van der Waals surface area contributed by atoms with E-state index in [0.717, 1.165) is 16.8 Å². The third-order valence-corrected chi connectivity index (χ3v) is 6.20. The van der Waals surface area contributed by atoms with E-state index in [1.54, 1.807) is 12.1 Å². The second-order valence-corrected chi connectivity index (χ2v) is 8.79. The number of aromatic nitrogens is 1. The molecule has 3 rings (SSSR count). The Balaban J connectivity index is 2.04. The molecule has 0 saturated carbocycles. The number of primary amides is 2. The molecule has 2 aromatic carbocycles. The molecule has 1 aromatic heterocycles. The predicted octanol–water partition coefficient (Wildman–Crippen LogP) is 3.25. The number of anilines is 2. The van der Waals surface area contributed by atoms with Crippen LogP contribution in [0.2, 0.25) is 0 Å². The van der Waals surface area contributed by atoms with Gasteiger partial charge in [0.1, 0.15) is 6.04 Å². The van der Waals surface area contributed by atoms with Gasteiger partial charge in [0.25, 0.3) is 5.91 Å². The number of carboxylic acids is 1. The van der Waals surface area contributed by atoms with Crippen molar-refractivity contribution in [2.24, 2.45) is 11.5 Å². The van der Waals surface area contributed by atoms with E-state index < -0.39 is 23.8 Å². The normalized spacial score (nSPS) is 11.7. The smallest absolute Gasteiger partial charge is 0.320 e. The molecular weight excluding hydrogens is 502 g/mol. The SMILES string of the molecule is CCOc1cc2ncc(C(N)=O)c(Nc3cccc(CN[C@@H](CCC(N)=O)C(=O)O)c3CC)c2cc1OCC. The topological polar surface area (TPSA) is 179 Å². The number of carboxylic acid groups (broad SMARTS) is 1. The summed E-state index contributed by atoms with van der Waals surface area (Å²) >= 11 is 0. The lowest BCUT2D eigenvalue weighted by Crippen LogP contribution is -2.37. The molecule has 0 aliphatic carbocycles. The first-order valence-corrected chi connectivity index (χ1v) is 12.8. The minimum Gasteiger partial charge on any atom is -0.490 e. The summed E-state index contributed by atoms with van der Waals surface area (Å²) in [5, 5.41) is 16.6. The molecule has 0 saturated heterocycles. The number of ether oxygens (including phenoxy) is 2. The van der Waals surface area contributed by atoms with Gasteiger partial charge in [0.15, 0.2) is 11.5 Å². The largest absolute Gasteiger partial charge is 0.490 e. The van der Waals surface area contributed by atoms with Crippen LogP contribution in [0.5, 0.6) is 11.5 Å². The van der Waals surface area contributed by atoms with Gasteiger partial charge in [-0.05, 0) is 49.9 Å². The number of fused-ring (bicyclic) bond motifs is 1. The van der Waals surface area contributed by atoms with Gasteiger partial charge in [-0.15, -0.1) is 0 Å². The monoisotopic (exact) mass is 537 g/mol. The van der Waals surface area contributed by atoms with Gasteiger partial charge in [0.2, 0.25) is 5.91 Å². The van der Waals surface area contributed by atoms with Gasteiger partial charge >= 0.3 is 5.97 Å². The number of carbonyl (C=O) groups is 3. The average molecular weight is 538 g/mol. The molecule has 0 aliphatic rings. The van der Waals surface area contributed by atoms with E-state index in [1.165, 1.54) is 6.20 Å². The van der Waals surface area contributed by atoms with E-state index in [0.29, 0.717) is 47.7 Å². The first-order chi connectivity index (χ1) is 18.7. The highest BCUT2D eigenvalue weighted by Crippen LogP contribution is 2.38. The Morgan fingerprint density at radius 2 is 1.74 bits per heavy atom. The van der Waals surface area contributed by atoms with Crippen LogP contribution in [0.4, 0.5) is 11.4 Å². The predicted molar refractivity (Wildman–Crippen MR) is 148 cm³/mol. The molecule has 7 N–H and O–H groups in total. The summed E-state index contributed by atoms with van der Waals surface area (Å²) in [6.07, 6.45) is 2.09. The van der Waals surface area contributed by atoms with Gasteiger partial charge in [-0.1, -0.05) is 19.1 Å². The summed E-state index contributed by atoms with van der Waals surface area (Å²) in [5.74, 6) is -1.20. The number of pyridine rings is 1. The van der Waals surface area contributed by atoms with Gasteiger partial charge in [0.05, 0.1) is 30.0 Å². The van der Waals surface area contributed by atoms with E-state index in [2.05, 4.69) is 15.6 Å². The number of nitrogens with zero attached hydrogens (tertiary/aromatic N) is 1. The molecule has 11 nitrogen and oxygen atoms in total. The summed E-state index contributed by atoms with van der Waals surface area (Å²) in [6.45, 7) is 6.84. The standard InChI is InChI=1S/C28H35N5O6/c1-4-17-16(14-31-21(28(36)37)10-11-25(29)34)8-7-9-20(17)33-26-18-12-23(38-5-2)24(39-6-3)13-22(18)32-15-19(26)27(30)35/h7-9,12-13,15,21,31H,4-6,10-11,14H2,1-3H3,(H2,29,34)(H2,30,35)(H,32,33)(H,36,37)/t21-/m0/s1. The van der Waals surface area contributed by atoms with Crippen LogP contribution in [0, 0.1) is 0 Å². The third kappa shape index (κ3) is 7.14. The first kappa shape index (κ1) is 29.2. The number of aliphatic carboxylic acids is 1. The average Bonchev–Trinajstić information content (AvgIpc) is 2.89. The van der Waals surface area contributed by atoms with Gasteiger partial charge in [-0.25, -0.2) is 0 Å². The number of rotatable bonds is 15. The molecule has 0 spiro atoms. The Kier molecular flexibility index (Phi) is 10.0. The molecule has 1 heterocycles. The maximum Gasteiger partial charge on any atom is 0.320 e. The molecule has 0 unspecified atom stereocenters. The van der Waals surface area contributed by atoms with Crippen molar-refractivity contribution in [3.63, 3.8) is 0 Å². The van der Waals surface area contributed by atoms with E-state index >= 15 is 0 Å². The molecule has 0 bridgehead atoms. The zero-order valence-electron chi connectivity index (χ0n) is 22.4. The Morgan fingerprint density at radius 1 is 1.05 bits per heavy atom. The lowest BCUT2D eigenvalue weighted by molar-refractivity contribution is -0.139. The molecule has 0 aliphatic heterocycles. The van der Waals surface area contributed by atoms with E-state index in [9.17, 15) is 19.5 Å². The number of hydrogen-bond acceptors (Lipinski definition) is 8. The molecular formula is C28H35N5O6. The summed E-state index contributed by atoms with van der Waals surface area (Å²) < 4.78 is 11.5. The van der Waals surface area contributed by atoms with E-state index in [1.807, 2.05) is 39.0 Å². The van der Waals surface area contributed by atoms with Crippen LogP contribution in [0.3, 0.4) is 0 Å². The number of nitrogens with one attached hydrogen (secondary N) is 2. The van der Waals surface area contributed by atoms with Crippen LogP contribution in [0.25, 0.3) is 10.9 Å². The Bertz CT molecular complexity index is 1360. The van der Waals surface area contributed by atoms with Crippen LogP contribution in [0.1, 0.15) is 55.1 Å². The van der Waals surface area contributed by atoms with Gasteiger partial charge in [-0.2, -0.15) is 0 Å². The van der Waals surface area contributed by atoms with Crippen molar-refractivity contribution in [1.82, 2.24) is 10.3 Å². The van der Waals surface area contributed by atoms with Crippen molar-refractivity contribution in [2.75, 3.05) is 18.5 Å². The Hall–Kier alpha value is -4.38. The quantitative estimate of drug-likeness (QED) is 0.194. The minimum absolute atomic E-state index is 0.0358. The number of amides is 2. The highest BCUT2D eigenvalue weighted by molar-refractivity contribution is 6.08. The fourth-order valence-corrected chi connectivity index (χ4v) is 4.36. The number of benzene rings is 2. The van der Waals surface area contributed by atoms with Gasteiger partial charge in [0, 0.05) is 36.3 Å². The molecule has 0 radical (unpaired) electrons. The van der Waals surface area contributed by atoms with Crippen LogP contribution in [-0.4, -0.2) is 47.1 Å². The van der Waals surface area contributed by atoms with Crippen molar-refractivity contribution >= 4 is 40.1 Å². The summed E-state index contributed by atoms with van der Waals surface area (Å²) in [6, 6.07) is 8.22. The van der Waals surface area contributed by atoms with Crippen molar-refractivity contribution in [3.05, 3.63) is 53.2 Å². The molecule has 0 fully saturated rings. The van der Waals surface area contributed by atoms with Crippen molar-refractivity contribution < 1.29 is 29.0 Å². The second-order valence-electron chi connectivity index (χ2n) is 8.79. The minimum atomic E-state index is -1.06. The number of hydrogen-bond donors (Lipinski definition) is 5. The molecule has 208 valence electrons. The highest BCUT2D eigenvalue weighted by atomic mass is 16.5. The Morgan fingerprint density at radius 3 is 2.33 bits per heavy atom. The van der Waals surface area contributed by atoms with Gasteiger partial charge in [-0.3, -0.25) is 19.4 Å². The van der Waals surface area contributed by atoms with Crippen LogP contribution in [-0.2, 0) is 22.6 Å². The fraction of sp³-hybridized carbons (Fsp3) is 0.357. The fourth-order valence-electron chi connectivity index (χ4n) is 4.36. The lowest BCUT2D eigenvalue weighted by atomic mass is 10.0. The van der Waals surface area contributed by atoms with Crippen LogP contribution in [0.15, 0.2) is 36.5 Å².